The Labute approximate surface area is 109 Å². The second kappa shape index (κ2) is 5.27. The van der Waals surface area contributed by atoms with Gasteiger partial charge in [-0.3, -0.25) is 0 Å². The number of benzene rings is 1. The van der Waals surface area contributed by atoms with E-state index in [-0.39, 0.29) is 17.5 Å². The van der Waals surface area contributed by atoms with Gasteiger partial charge in [0.05, 0.1) is 0 Å². The summed E-state index contributed by atoms with van der Waals surface area (Å²) in [5, 5.41) is 3.48. The minimum Gasteiger partial charge on any atom is -0.487 e. The van der Waals surface area contributed by atoms with E-state index in [0.717, 1.165) is 31.4 Å². The van der Waals surface area contributed by atoms with Gasteiger partial charge in [0.25, 0.3) is 0 Å². The third-order valence-electron chi connectivity index (χ3n) is 3.99. The van der Waals surface area contributed by atoms with Crippen LogP contribution in [0.2, 0.25) is 0 Å². The van der Waals surface area contributed by atoms with E-state index in [1.54, 1.807) is 0 Å². The molecule has 3 heteroatoms. The van der Waals surface area contributed by atoms with Crippen molar-refractivity contribution in [2.45, 2.75) is 51.7 Å². The Bertz CT molecular complexity index is 415. The molecule has 1 heterocycles. The zero-order chi connectivity index (χ0) is 13.2. The summed E-state index contributed by atoms with van der Waals surface area (Å²) in [5.74, 6) is 0.475. The molecule has 1 unspecified atom stereocenters. The summed E-state index contributed by atoms with van der Waals surface area (Å²) in [6, 6.07) is 5.13. The van der Waals surface area contributed by atoms with Crippen molar-refractivity contribution in [3.8, 4) is 5.75 Å². The third kappa shape index (κ3) is 2.37. The maximum absolute atomic E-state index is 13.4. The first kappa shape index (κ1) is 13.3. The molecule has 0 spiro atoms. The Morgan fingerprint density at radius 1 is 1.33 bits per heavy atom. The van der Waals surface area contributed by atoms with Crippen molar-refractivity contribution in [3.63, 3.8) is 0 Å². The van der Waals surface area contributed by atoms with Crippen LogP contribution in [0.15, 0.2) is 18.2 Å². The van der Waals surface area contributed by atoms with Gasteiger partial charge in [0.15, 0.2) is 0 Å². The van der Waals surface area contributed by atoms with Crippen LogP contribution >= 0.6 is 0 Å². The molecule has 0 saturated carbocycles. The maximum Gasteiger partial charge on any atom is 0.127 e. The minimum atomic E-state index is -0.230. The summed E-state index contributed by atoms with van der Waals surface area (Å²) in [6.45, 7) is 7.27. The average Bonchev–Trinajstić information content (AvgIpc) is 2.38. The van der Waals surface area contributed by atoms with Crippen LogP contribution in [0.4, 0.5) is 4.39 Å². The lowest BCUT2D eigenvalue weighted by molar-refractivity contribution is 0.0227. The van der Waals surface area contributed by atoms with E-state index >= 15 is 0 Å². The lowest BCUT2D eigenvalue weighted by Gasteiger charge is -2.41. The van der Waals surface area contributed by atoms with Crippen LogP contribution < -0.4 is 10.1 Å². The standard InChI is InChI=1S/C15H22FNO/c1-4-15(5-2)10-13(17-6-3)12-8-7-11(16)9-14(12)18-15/h7-9,13,17H,4-6,10H2,1-3H3. The van der Waals surface area contributed by atoms with Crippen molar-refractivity contribution in [2.75, 3.05) is 6.54 Å². The number of hydrogen-bond donors (Lipinski definition) is 1. The van der Waals surface area contributed by atoms with E-state index in [1.165, 1.54) is 12.1 Å². The molecular weight excluding hydrogens is 229 g/mol. The number of ether oxygens (including phenoxy) is 1. The highest BCUT2D eigenvalue weighted by Crippen LogP contribution is 2.42. The first-order chi connectivity index (χ1) is 8.64. The second-order valence-corrected chi connectivity index (χ2v) is 4.99. The molecule has 1 N–H and O–H groups in total. The SMILES string of the molecule is CCNC1CC(CC)(CC)Oc2cc(F)ccc21. The van der Waals surface area contributed by atoms with E-state index in [0.29, 0.717) is 5.75 Å². The minimum absolute atomic E-state index is 0.159. The van der Waals surface area contributed by atoms with Gasteiger partial charge in [0.1, 0.15) is 17.2 Å². The molecule has 1 aliphatic rings. The topological polar surface area (TPSA) is 21.3 Å². The molecule has 2 nitrogen and oxygen atoms in total. The molecular formula is C15H22FNO. The number of fused-ring (bicyclic) bond motifs is 1. The van der Waals surface area contributed by atoms with E-state index in [1.807, 2.05) is 6.07 Å². The Kier molecular flexibility index (Phi) is 3.91. The van der Waals surface area contributed by atoms with E-state index in [9.17, 15) is 4.39 Å². The number of nitrogens with one attached hydrogen (secondary N) is 1. The highest BCUT2D eigenvalue weighted by molar-refractivity contribution is 5.39. The highest BCUT2D eigenvalue weighted by atomic mass is 19.1. The van der Waals surface area contributed by atoms with Crippen LogP contribution in [0.25, 0.3) is 0 Å². The Hall–Kier alpha value is -1.09. The van der Waals surface area contributed by atoms with E-state index < -0.39 is 0 Å². The van der Waals surface area contributed by atoms with Gasteiger partial charge in [-0.2, -0.15) is 0 Å². The van der Waals surface area contributed by atoms with Gasteiger partial charge >= 0.3 is 0 Å². The molecule has 1 atom stereocenters. The number of halogens is 1. The first-order valence-electron chi connectivity index (χ1n) is 6.86. The fourth-order valence-corrected chi connectivity index (χ4v) is 2.75. The molecule has 1 aromatic carbocycles. The van der Waals surface area contributed by atoms with Crippen molar-refractivity contribution in [2.24, 2.45) is 0 Å². The van der Waals surface area contributed by atoms with Gasteiger partial charge in [0, 0.05) is 24.1 Å². The Morgan fingerprint density at radius 3 is 2.67 bits per heavy atom. The molecule has 0 bridgehead atoms. The molecule has 1 aromatic rings. The molecule has 18 heavy (non-hydrogen) atoms. The lowest BCUT2D eigenvalue weighted by Crippen LogP contribution is -2.43. The van der Waals surface area contributed by atoms with Gasteiger partial charge < -0.3 is 10.1 Å². The molecule has 0 saturated heterocycles. The van der Waals surface area contributed by atoms with Crippen LogP contribution in [-0.4, -0.2) is 12.1 Å². The third-order valence-corrected chi connectivity index (χ3v) is 3.99. The fraction of sp³-hybridized carbons (Fsp3) is 0.600. The molecule has 0 amide bonds. The predicted molar refractivity (Wildman–Crippen MR) is 71.4 cm³/mol. The highest BCUT2D eigenvalue weighted by Gasteiger charge is 2.38. The van der Waals surface area contributed by atoms with Gasteiger partial charge in [-0.05, 0) is 25.5 Å². The normalized spacial score (nSPS) is 21.2. The van der Waals surface area contributed by atoms with Gasteiger partial charge in [0.2, 0.25) is 0 Å². The Morgan fingerprint density at radius 2 is 2.06 bits per heavy atom. The summed E-state index contributed by atoms with van der Waals surface area (Å²) in [4.78, 5) is 0. The van der Waals surface area contributed by atoms with Crippen LogP contribution in [0.1, 0.15) is 51.6 Å². The summed E-state index contributed by atoms with van der Waals surface area (Å²) in [7, 11) is 0. The quantitative estimate of drug-likeness (QED) is 0.878. The summed E-state index contributed by atoms with van der Waals surface area (Å²) >= 11 is 0. The van der Waals surface area contributed by atoms with Crippen molar-refractivity contribution in [1.82, 2.24) is 5.32 Å². The first-order valence-corrected chi connectivity index (χ1v) is 6.86. The predicted octanol–water partition coefficient (Wildman–Crippen LogP) is 3.82. The molecule has 1 aliphatic heterocycles. The smallest absolute Gasteiger partial charge is 0.127 e. The van der Waals surface area contributed by atoms with Gasteiger partial charge in [-0.15, -0.1) is 0 Å². The molecule has 0 radical (unpaired) electrons. The van der Waals surface area contributed by atoms with Crippen LogP contribution in [0.3, 0.4) is 0 Å². The fourth-order valence-electron chi connectivity index (χ4n) is 2.75. The molecule has 2 rings (SSSR count). The zero-order valence-corrected chi connectivity index (χ0v) is 11.4. The number of rotatable bonds is 4. The van der Waals surface area contributed by atoms with Crippen LogP contribution in [0.5, 0.6) is 5.75 Å². The molecule has 100 valence electrons. The zero-order valence-electron chi connectivity index (χ0n) is 11.4. The van der Waals surface area contributed by atoms with Gasteiger partial charge in [-0.25, -0.2) is 4.39 Å². The maximum atomic E-state index is 13.4. The summed E-state index contributed by atoms with van der Waals surface area (Å²) in [5.41, 5.74) is 0.920. The average molecular weight is 251 g/mol. The molecule has 0 fully saturated rings. The van der Waals surface area contributed by atoms with Crippen molar-refractivity contribution in [1.29, 1.82) is 0 Å². The van der Waals surface area contributed by atoms with Crippen molar-refractivity contribution < 1.29 is 9.13 Å². The summed E-state index contributed by atoms with van der Waals surface area (Å²) in [6.07, 6.45) is 2.84. The largest absolute Gasteiger partial charge is 0.487 e. The number of hydrogen-bond acceptors (Lipinski definition) is 2. The second-order valence-electron chi connectivity index (χ2n) is 4.99. The van der Waals surface area contributed by atoms with E-state index in [4.69, 9.17) is 4.74 Å². The van der Waals surface area contributed by atoms with Gasteiger partial charge in [-0.1, -0.05) is 26.8 Å². The molecule has 0 aliphatic carbocycles. The van der Waals surface area contributed by atoms with Crippen molar-refractivity contribution in [3.05, 3.63) is 29.6 Å². The van der Waals surface area contributed by atoms with Crippen LogP contribution in [0, 0.1) is 5.82 Å². The van der Waals surface area contributed by atoms with E-state index in [2.05, 4.69) is 26.1 Å². The monoisotopic (exact) mass is 251 g/mol. The van der Waals surface area contributed by atoms with Crippen LogP contribution in [-0.2, 0) is 0 Å². The summed E-state index contributed by atoms with van der Waals surface area (Å²) < 4.78 is 19.5. The van der Waals surface area contributed by atoms with Crippen molar-refractivity contribution >= 4 is 0 Å². The Balaban J connectivity index is 2.39. The lowest BCUT2D eigenvalue weighted by atomic mass is 9.83. The molecule has 0 aromatic heterocycles.